The van der Waals surface area contributed by atoms with Crippen molar-refractivity contribution in [2.24, 2.45) is 4.99 Å². The maximum Gasteiger partial charge on any atom is 0.191 e. The van der Waals surface area contributed by atoms with Crippen molar-refractivity contribution < 1.29 is 0 Å². The summed E-state index contributed by atoms with van der Waals surface area (Å²) in [5.74, 6) is 1.92. The lowest BCUT2D eigenvalue weighted by Gasteiger charge is -2.25. The highest BCUT2D eigenvalue weighted by molar-refractivity contribution is 14.0. The summed E-state index contributed by atoms with van der Waals surface area (Å²) in [5, 5.41) is 15.3. The van der Waals surface area contributed by atoms with Crippen LogP contribution in [0.4, 0.5) is 0 Å². The van der Waals surface area contributed by atoms with E-state index in [0.29, 0.717) is 12.6 Å². The Bertz CT molecular complexity index is 725. The van der Waals surface area contributed by atoms with E-state index in [1.54, 1.807) is 6.33 Å². The summed E-state index contributed by atoms with van der Waals surface area (Å²) < 4.78 is 3.19. The number of aliphatic imine (C=N–C) groups is 1. The molecule has 0 atom stereocenters. The van der Waals surface area contributed by atoms with Gasteiger partial charge in [0.2, 0.25) is 0 Å². The second-order valence-electron chi connectivity index (χ2n) is 6.99. The lowest BCUT2D eigenvalue weighted by molar-refractivity contribution is 0.409. The number of aryl methyl sites for hydroxylation is 1. The minimum absolute atomic E-state index is 0. The summed E-state index contributed by atoms with van der Waals surface area (Å²) in [4.78, 5) is 4.82. The Labute approximate surface area is 193 Å². The van der Waals surface area contributed by atoms with E-state index in [0.717, 1.165) is 35.8 Å². The van der Waals surface area contributed by atoms with E-state index < -0.39 is 0 Å². The van der Waals surface area contributed by atoms with Crippen molar-refractivity contribution >= 4 is 45.9 Å². The molecular weight excluding hydrogens is 531 g/mol. The molecule has 1 aromatic carbocycles. The number of guanidine groups is 1. The zero-order valence-corrected chi connectivity index (χ0v) is 20.3. The van der Waals surface area contributed by atoms with Gasteiger partial charge in [-0.05, 0) is 30.5 Å². The van der Waals surface area contributed by atoms with Crippen molar-refractivity contribution in [3.8, 4) is 0 Å². The molecule has 0 aliphatic heterocycles. The van der Waals surface area contributed by atoms with Crippen LogP contribution in [-0.2, 0) is 19.5 Å². The van der Waals surface area contributed by atoms with Crippen LogP contribution in [-0.4, -0.2) is 33.3 Å². The number of hydrogen-bond donors (Lipinski definition) is 2. The first-order valence-corrected chi connectivity index (χ1v) is 10.7. The highest BCUT2D eigenvalue weighted by atomic mass is 127. The first kappa shape index (κ1) is 23.1. The molecule has 0 bridgehead atoms. The number of benzene rings is 1. The molecule has 0 unspecified atom stereocenters. The fourth-order valence-electron chi connectivity index (χ4n) is 3.39. The monoisotopic (exact) mass is 560 g/mol. The Balaban J connectivity index is 0.00000280. The highest BCUT2D eigenvalue weighted by Gasteiger charge is 2.14. The van der Waals surface area contributed by atoms with Crippen molar-refractivity contribution in [3.05, 3.63) is 46.5 Å². The summed E-state index contributed by atoms with van der Waals surface area (Å²) in [6.07, 6.45) is 9.11. The molecule has 28 heavy (non-hydrogen) atoms. The quantitative estimate of drug-likeness (QED) is 0.301. The van der Waals surface area contributed by atoms with Crippen LogP contribution < -0.4 is 10.6 Å². The zero-order chi connectivity index (χ0) is 18.9. The molecule has 2 N–H and O–H groups in total. The highest BCUT2D eigenvalue weighted by Crippen LogP contribution is 2.17. The molecule has 6 nitrogen and oxygen atoms in total. The second-order valence-corrected chi connectivity index (χ2v) is 7.91. The molecule has 1 aliphatic rings. The van der Waals surface area contributed by atoms with Crippen LogP contribution in [0.15, 0.2) is 40.1 Å². The molecule has 1 saturated carbocycles. The molecule has 0 saturated heterocycles. The SMILES string of the molecule is CCc1nncn1CCNC(=NCc1ccc(Br)cc1)NC1CCCCC1.I. The summed E-state index contributed by atoms with van der Waals surface area (Å²) in [7, 11) is 0. The van der Waals surface area contributed by atoms with E-state index in [-0.39, 0.29) is 24.0 Å². The van der Waals surface area contributed by atoms with Gasteiger partial charge in [0.15, 0.2) is 5.96 Å². The molecule has 0 radical (unpaired) electrons. The molecule has 1 aromatic heterocycles. The minimum atomic E-state index is 0. The van der Waals surface area contributed by atoms with Gasteiger partial charge in [-0.2, -0.15) is 0 Å². The topological polar surface area (TPSA) is 67.1 Å². The molecule has 1 aliphatic carbocycles. The average molecular weight is 561 g/mol. The van der Waals surface area contributed by atoms with E-state index >= 15 is 0 Å². The van der Waals surface area contributed by atoms with Crippen LogP contribution in [0.2, 0.25) is 0 Å². The van der Waals surface area contributed by atoms with Gasteiger partial charge < -0.3 is 15.2 Å². The third-order valence-electron chi connectivity index (χ3n) is 4.94. The van der Waals surface area contributed by atoms with Crippen molar-refractivity contribution in [1.82, 2.24) is 25.4 Å². The fraction of sp³-hybridized carbons (Fsp3) is 0.550. The summed E-state index contributed by atoms with van der Waals surface area (Å²) in [5.41, 5.74) is 1.20. The Morgan fingerprint density at radius 3 is 2.68 bits per heavy atom. The molecule has 8 heteroatoms. The summed E-state index contributed by atoms with van der Waals surface area (Å²) in [6.45, 7) is 4.40. The summed E-state index contributed by atoms with van der Waals surface area (Å²) in [6, 6.07) is 8.86. The van der Waals surface area contributed by atoms with Crippen molar-refractivity contribution in [3.63, 3.8) is 0 Å². The third kappa shape index (κ3) is 7.35. The predicted octanol–water partition coefficient (Wildman–Crippen LogP) is 4.29. The van der Waals surface area contributed by atoms with E-state index in [9.17, 15) is 0 Å². The van der Waals surface area contributed by atoms with Gasteiger partial charge >= 0.3 is 0 Å². The van der Waals surface area contributed by atoms with Gasteiger partial charge in [-0.15, -0.1) is 34.2 Å². The third-order valence-corrected chi connectivity index (χ3v) is 5.46. The van der Waals surface area contributed by atoms with Crippen LogP contribution in [0.3, 0.4) is 0 Å². The maximum atomic E-state index is 4.82. The lowest BCUT2D eigenvalue weighted by atomic mass is 9.96. The predicted molar refractivity (Wildman–Crippen MR) is 128 cm³/mol. The number of nitrogens with one attached hydrogen (secondary N) is 2. The minimum Gasteiger partial charge on any atom is -0.355 e. The first-order chi connectivity index (χ1) is 13.2. The van der Waals surface area contributed by atoms with Crippen LogP contribution in [0.1, 0.15) is 50.4 Å². The van der Waals surface area contributed by atoms with E-state index in [4.69, 9.17) is 4.99 Å². The van der Waals surface area contributed by atoms with Gasteiger partial charge in [0.05, 0.1) is 6.54 Å². The van der Waals surface area contributed by atoms with Gasteiger partial charge in [0, 0.05) is 30.0 Å². The average Bonchev–Trinajstić information content (AvgIpc) is 3.15. The number of aromatic nitrogens is 3. The molecular formula is C20H30BrIN6. The smallest absolute Gasteiger partial charge is 0.191 e. The number of nitrogens with zero attached hydrogens (tertiary/aromatic N) is 4. The molecule has 3 rings (SSSR count). The zero-order valence-electron chi connectivity index (χ0n) is 16.4. The Morgan fingerprint density at radius 1 is 1.21 bits per heavy atom. The van der Waals surface area contributed by atoms with Crippen molar-refractivity contribution in [1.29, 1.82) is 0 Å². The Kier molecular flexibility index (Phi) is 10.3. The van der Waals surface area contributed by atoms with E-state index in [2.05, 4.69) is 72.5 Å². The van der Waals surface area contributed by atoms with E-state index in [1.165, 1.54) is 37.7 Å². The molecule has 1 heterocycles. The standard InChI is InChI=1S/C20H29BrN6.HI/c1-2-19-26-24-15-27(19)13-12-22-20(25-18-6-4-3-5-7-18)23-14-16-8-10-17(21)11-9-16;/h8-11,15,18H,2-7,12-14H2,1H3,(H2,22,23,25);1H. The molecule has 0 spiro atoms. The maximum absolute atomic E-state index is 4.82. The first-order valence-electron chi connectivity index (χ1n) is 9.90. The van der Waals surface area contributed by atoms with Gasteiger partial charge in [0.1, 0.15) is 12.2 Å². The van der Waals surface area contributed by atoms with Gasteiger partial charge in [-0.3, -0.25) is 0 Å². The van der Waals surface area contributed by atoms with Crippen LogP contribution in [0.5, 0.6) is 0 Å². The molecule has 1 fully saturated rings. The number of hydrogen-bond acceptors (Lipinski definition) is 3. The molecule has 2 aromatic rings. The number of rotatable bonds is 7. The van der Waals surface area contributed by atoms with Crippen molar-refractivity contribution in [2.45, 2.75) is 64.6 Å². The van der Waals surface area contributed by atoms with Crippen molar-refractivity contribution in [2.75, 3.05) is 6.54 Å². The van der Waals surface area contributed by atoms with Gasteiger partial charge in [-0.1, -0.05) is 54.2 Å². The largest absolute Gasteiger partial charge is 0.355 e. The molecule has 0 amide bonds. The Hall–Kier alpha value is -1.16. The normalized spacial score (nSPS) is 15.1. The second kappa shape index (κ2) is 12.4. The Morgan fingerprint density at radius 2 is 1.96 bits per heavy atom. The van der Waals surface area contributed by atoms with Crippen LogP contribution in [0, 0.1) is 0 Å². The number of halogens is 2. The lowest BCUT2D eigenvalue weighted by Crippen LogP contribution is -2.45. The molecule has 154 valence electrons. The van der Waals surface area contributed by atoms with Crippen LogP contribution >= 0.6 is 39.9 Å². The fourth-order valence-corrected chi connectivity index (χ4v) is 3.65. The van der Waals surface area contributed by atoms with Gasteiger partial charge in [0.25, 0.3) is 0 Å². The van der Waals surface area contributed by atoms with Crippen LogP contribution in [0.25, 0.3) is 0 Å². The van der Waals surface area contributed by atoms with Gasteiger partial charge in [-0.25, -0.2) is 4.99 Å². The van der Waals surface area contributed by atoms with E-state index in [1.807, 2.05) is 0 Å². The summed E-state index contributed by atoms with van der Waals surface area (Å²) >= 11 is 3.48.